The Kier molecular flexibility index (Phi) is 6.17. The summed E-state index contributed by atoms with van der Waals surface area (Å²) in [7, 11) is 0. The molecule has 6 nitrogen and oxygen atoms in total. The van der Waals surface area contributed by atoms with Crippen LogP contribution in [-0.4, -0.2) is 22.4 Å². The van der Waals surface area contributed by atoms with E-state index in [0.29, 0.717) is 17.9 Å². The summed E-state index contributed by atoms with van der Waals surface area (Å²) in [4.78, 5) is 20.6. The number of halogens is 1. The van der Waals surface area contributed by atoms with Crippen LogP contribution in [0, 0.1) is 23.7 Å². The van der Waals surface area contributed by atoms with Gasteiger partial charge in [-0.1, -0.05) is 50.1 Å². The molecule has 1 aromatic heterocycles. The van der Waals surface area contributed by atoms with Gasteiger partial charge in [0.1, 0.15) is 11.1 Å². The fourth-order valence-electron chi connectivity index (χ4n) is 2.16. The molecule has 0 aliphatic carbocycles. The number of amides is 1. The van der Waals surface area contributed by atoms with Crippen molar-refractivity contribution in [1.29, 1.82) is 5.26 Å². The smallest absolute Gasteiger partial charge is 0.267 e. The van der Waals surface area contributed by atoms with Gasteiger partial charge >= 0.3 is 0 Å². The number of benzene rings is 1. The number of nitriles is 1. The Hall–Kier alpha value is -2.65. The average Bonchev–Trinajstić information content (AvgIpc) is 2.59. The van der Waals surface area contributed by atoms with Crippen molar-refractivity contribution >= 4 is 23.3 Å². The molecule has 0 unspecified atom stereocenters. The molecule has 0 aliphatic rings. The van der Waals surface area contributed by atoms with E-state index in [1.165, 1.54) is 6.20 Å². The maximum atomic E-state index is 12.6. The van der Waals surface area contributed by atoms with Crippen molar-refractivity contribution < 1.29 is 4.79 Å². The predicted octanol–water partition coefficient (Wildman–Crippen LogP) is 3.90. The number of aryl methyl sites for hydroxylation is 1. The molecule has 0 aliphatic heterocycles. The maximum Gasteiger partial charge on any atom is 0.269 e. The molecule has 1 amide bonds. The van der Waals surface area contributed by atoms with Crippen LogP contribution in [-0.2, 0) is 0 Å². The highest BCUT2D eigenvalue weighted by Gasteiger charge is 2.20. The highest BCUT2D eigenvalue weighted by molar-refractivity contribution is 6.32. The Morgan fingerprint density at radius 1 is 1.31 bits per heavy atom. The van der Waals surface area contributed by atoms with Crippen LogP contribution in [0.2, 0.25) is 5.02 Å². The minimum Gasteiger partial charge on any atom is -0.267 e. The number of rotatable bonds is 5. The third-order valence-corrected chi connectivity index (χ3v) is 3.98. The molecule has 0 radical (unpaired) electrons. The Balaban J connectivity index is 2.30. The summed E-state index contributed by atoms with van der Waals surface area (Å²) < 4.78 is 0. The van der Waals surface area contributed by atoms with Gasteiger partial charge in [0.25, 0.3) is 5.91 Å². The summed E-state index contributed by atoms with van der Waals surface area (Å²) >= 11 is 6.22. The quantitative estimate of drug-likeness (QED) is 0.806. The van der Waals surface area contributed by atoms with Gasteiger partial charge in [0, 0.05) is 12.1 Å². The lowest BCUT2D eigenvalue weighted by molar-refractivity contribution is 0.0947. The molecule has 7 heteroatoms. The minimum absolute atomic E-state index is 0.00487. The van der Waals surface area contributed by atoms with Crippen molar-refractivity contribution in [3.05, 3.63) is 52.4 Å². The van der Waals surface area contributed by atoms with E-state index in [1.807, 2.05) is 25.1 Å². The molecule has 0 fully saturated rings. The lowest BCUT2D eigenvalue weighted by atomic mass is 9.92. The van der Waals surface area contributed by atoms with E-state index in [2.05, 4.69) is 36.2 Å². The molecule has 1 heterocycles. The lowest BCUT2D eigenvalue weighted by Gasteiger charge is -2.28. The number of aromatic nitrogens is 2. The monoisotopic (exact) mass is 371 g/mol. The molecule has 1 aromatic carbocycles. The van der Waals surface area contributed by atoms with Crippen molar-refractivity contribution in [3.8, 4) is 6.07 Å². The molecule has 0 saturated carbocycles. The van der Waals surface area contributed by atoms with Crippen molar-refractivity contribution in [2.75, 3.05) is 11.6 Å². The van der Waals surface area contributed by atoms with Crippen LogP contribution in [0.15, 0.2) is 30.5 Å². The number of anilines is 1. The van der Waals surface area contributed by atoms with Gasteiger partial charge in [-0.2, -0.15) is 10.2 Å². The maximum absolute atomic E-state index is 12.6. The normalized spacial score (nSPS) is 10.9. The van der Waals surface area contributed by atoms with Crippen LogP contribution in [0.3, 0.4) is 0 Å². The summed E-state index contributed by atoms with van der Waals surface area (Å²) in [6, 6.07) is 9.16. The van der Waals surface area contributed by atoms with Crippen LogP contribution < -0.4 is 10.4 Å². The fraction of sp³-hybridized carbons (Fsp3) is 0.368. The Morgan fingerprint density at radius 3 is 2.54 bits per heavy atom. The molecule has 0 saturated heterocycles. The SMILES string of the molecule is Cc1ccc(C(=O)NN(CCC(C)(C)C)c2nc(C#N)ncc2Cl)cc1. The number of nitrogens with zero attached hydrogens (tertiary/aromatic N) is 4. The van der Waals surface area contributed by atoms with Crippen LogP contribution in [0.1, 0.15) is 48.9 Å². The van der Waals surface area contributed by atoms with Gasteiger partial charge in [-0.3, -0.25) is 15.2 Å². The van der Waals surface area contributed by atoms with E-state index in [4.69, 9.17) is 16.9 Å². The zero-order chi connectivity index (χ0) is 19.3. The van der Waals surface area contributed by atoms with Gasteiger partial charge in [-0.05, 0) is 30.9 Å². The third kappa shape index (κ3) is 5.43. The second kappa shape index (κ2) is 8.15. The molecule has 26 heavy (non-hydrogen) atoms. The lowest BCUT2D eigenvalue weighted by Crippen LogP contribution is -2.44. The van der Waals surface area contributed by atoms with Crippen LogP contribution >= 0.6 is 11.6 Å². The standard InChI is InChI=1S/C19H22ClN5O/c1-13-5-7-14(8-6-13)18(26)24-25(10-9-19(2,3)4)17-15(20)12-22-16(11-21)23-17/h5-8,12H,9-10H2,1-4H3,(H,24,26). The van der Waals surface area contributed by atoms with Crippen LogP contribution in [0.4, 0.5) is 5.82 Å². The van der Waals surface area contributed by atoms with Gasteiger partial charge in [0.15, 0.2) is 5.82 Å². The second-order valence-electron chi connectivity index (χ2n) is 7.25. The first-order valence-electron chi connectivity index (χ1n) is 8.27. The van der Waals surface area contributed by atoms with Crippen molar-refractivity contribution in [3.63, 3.8) is 0 Å². The minimum atomic E-state index is -0.271. The first-order valence-corrected chi connectivity index (χ1v) is 8.65. The molecular weight excluding hydrogens is 350 g/mol. The molecule has 0 atom stereocenters. The Bertz CT molecular complexity index is 821. The number of carbonyl (C=O) groups is 1. The number of hydrogen-bond donors (Lipinski definition) is 1. The average molecular weight is 372 g/mol. The fourth-order valence-corrected chi connectivity index (χ4v) is 2.35. The molecule has 2 rings (SSSR count). The summed E-state index contributed by atoms with van der Waals surface area (Å²) in [6.45, 7) is 8.77. The highest BCUT2D eigenvalue weighted by atomic mass is 35.5. The predicted molar refractivity (Wildman–Crippen MR) is 102 cm³/mol. The van der Waals surface area contributed by atoms with Crippen LogP contribution in [0.25, 0.3) is 0 Å². The first-order chi connectivity index (χ1) is 12.2. The topological polar surface area (TPSA) is 81.9 Å². The van der Waals surface area contributed by atoms with E-state index in [1.54, 1.807) is 17.1 Å². The molecule has 1 N–H and O–H groups in total. The van der Waals surface area contributed by atoms with E-state index in [9.17, 15) is 4.79 Å². The van der Waals surface area contributed by atoms with E-state index >= 15 is 0 Å². The van der Waals surface area contributed by atoms with Gasteiger partial charge in [0.2, 0.25) is 5.82 Å². The molecular formula is C19H22ClN5O. The number of carbonyl (C=O) groups excluding carboxylic acids is 1. The first kappa shape index (κ1) is 19.7. The number of hydrazine groups is 1. The number of hydrogen-bond acceptors (Lipinski definition) is 5. The largest absolute Gasteiger partial charge is 0.269 e. The van der Waals surface area contributed by atoms with E-state index in [-0.39, 0.29) is 22.2 Å². The summed E-state index contributed by atoms with van der Waals surface area (Å²) in [5.41, 5.74) is 4.49. The summed E-state index contributed by atoms with van der Waals surface area (Å²) in [5.74, 6) is 0.0322. The van der Waals surface area contributed by atoms with Gasteiger partial charge in [-0.15, -0.1) is 0 Å². The van der Waals surface area contributed by atoms with Gasteiger partial charge in [0.05, 0.1) is 6.20 Å². The van der Waals surface area contributed by atoms with Gasteiger partial charge in [-0.25, -0.2) is 4.98 Å². The Labute approximate surface area is 158 Å². The zero-order valence-corrected chi connectivity index (χ0v) is 16.1. The van der Waals surface area contributed by atoms with Crippen LogP contribution in [0.5, 0.6) is 0 Å². The van der Waals surface area contributed by atoms with Crippen molar-refractivity contribution in [2.24, 2.45) is 5.41 Å². The van der Waals surface area contributed by atoms with Crippen molar-refractivity contribution in [2.45, 2.75) is 34.1 Å². The molecule has 0 bridgehead atoms. The summed E-state index contributed by atoms with van der Waals surface area (Å²) in [5, 5.41) is 10.9. The zero-order valence-electron chi connectivity index (χ0n) is 15.4. The second-order valence-corrected chi connectivity index (χ2v) is 7.65. The molecule has 0 spiro atoms. The Morgan fingerprint density at radius 2 is 1.96 bits per heavy atom. The molecule has 2 aromatic rings. The molecule has 136 valence electrons. The van der Waals surface area contributed by atoms with Crippen molar-refractivity contribution in [1.82, 2.24) is 15.4 Å². The third-order valence-electron chi connectivity index (χ3n) is 3.72. The highest BCUT2D eigenvalue weighted by Crippen LogP contribution is 2.25. The van der Waals surface area contributed by atoms with E-state index < -0.39 is 0 Å². The summed E-state index contributed by atoms with van der Waals surface area (Å²) in [6.07, 6.45) is 2.15. The van der Waals surface area contributed by atoms with E-state index in [0.717, 1.165) is 12.0 Å². The van der Waals surface area contributed by atoms with Gasteiger partial charge < -0.3 is 0 Å². The number of nitrogens with one attached hydrogen (secondary N) is 1.